The highest BCUT2D eigenvalue weighted by Crippen LogP contribution is 2.28. The lowest BCUT2D eigenvalue weighted by molar-refractivity contribution is 0.0484. The second kappa shape index (κ2) is 3.36. The number of nitrogens with two attached hydrogens (primary N) is 1. The summed E-state index contributed by atoms with van der Waals surface area (Å²) in [4.78, 5) is 0. The van der Waals surface area contributed by atoms with Gasteiger partial charge < -0.3 is 15.6 Å². The summed E-state index contributed by atoms with van der Waals surface area (Å²) in [5.74, 6) is 0.316. The summed E-state index contributed by atoms with van der Waals surface area (Å²) in [5, 5.41) is 9.28. The van der Waals surface area contributed by atoms with Crippen LogP contribution in [0, 0.1) is 0 Å². The van der Waals surface area contributed by atoms with E-state index in [9.17, 15) is 5.11 Å². The van der Waals surface area contributed by atoms with Gasteiger partial charge in [0.1, 0.15) is 5.75 Å². The topological polar surface area (TPSA) is 55.5 Å². The molecule has 0 saturated carbocycles. The Balaban J connectivity index is 2.40. The molecule has 0 fully saturated rings. The van der Waals surface area contributed by atoms with Gasteiger partial charge in [-0.1, -0.05) is 6.07 Å². The summed E-state index contributed by atoms with van der Waals surface area (Å²) < 4.78 is 5.49. The molecule has 0 aromatic heterocycles. The van der Waals surface area contributed by atoms with Crippen molar-refractivity contribution >= 4 is 0 Å². The van der Waals surface area contributed by atoms with E-state index in [-0.39, 0.29) is 6.10 Å². The van der Waals surface area contributed by atoms with Crippen LogP contribution in [0.1, 0.15) is 17.2 Å². The Bertz CT molecular complexity index is 312. The normalized spacial score (nSPS) is 21.2. The van der Waals surface area contributed by atoms with Crippen LogP contribution in [-0.4, -0.2) is 18.3 Å². The molecule has 1 aromatic carbocycles. The third-order valence-electron chi connectivity index (χ3n) is 2.38. The predicted molar refractivity (Wildman–Crippen MR) is 49.6 cm³/mol. The Labute approximate surface area is 77.1 Å². The molecule has 0 radical (unpaired) electrons. The number of hydrogen-bond acceptors (Lipinski definition) is 3. The first kappa shape index (κ1) is 8.53. The summed E-state index contributed by atoms with van der Waals surface area (Å²) in [5.41, 5.74) is 7.84. The molecule has 0 amide bonds. The Hall–Kier alpha value is -1.06. The number of rotatable bonds is 1. The zero-order valence-corrected chi connectivity index (χ0v) is 7.36. The minimum absolute atomic E-state index is 0.00403. The quantitative estimate of drug-likeness (QED) is 0.675. The van der Waals surface area contributed by atoms with Gasteiger partial charge in [-0.2, -0.15) is 0 Å². The van der Waals surface area contributed by atoms with E-state index < -0.39 is 0 Å². The Kier molecular flexibility index (Phi) is 2.20. The molecule has 3 heteroatoms. The van der Waals surface area contributed by atoms with E-state index >= 15 is 0 Å². The Morgan fingerprint density at radius 3 is 3.15 bits per heavy atom. The van der Waals surface area contributed by atoms with Gasteiger partial charge in [0, 0.05) is 6.54 Å². The summed E-state index contributed by atoms with van der Waals surface area (Å²) in [7, 11) is 0. The van der Waals surface area contributed by atoms with E-state index in [1.54, 1.807) is 12.1 Å². The third kappa shape index (κ3) is 1.53. The van der Waals surface area contributed by atoms with Crippen LogP contribution in [0.5, 0.6) is 5.75 Å². The first-order valence-corrected chi connectivity index (χ1v) is 4.44. The second-order valence-corrected chi connectivity index (χ2v) is 3.23. The maximum atomic E-state index is 9.28. The SMILES string of the molecule is NCC1OCCc2cc(O)ccc21. The van der Waals surface area contributed by atoms with Gasteiger partial charge in [-0.15, -0.1) is 0 Å². The van der Waals surface area contributed by atoms with Crippen molar-refractivity contribution in [3.05, 3.63) is 29.3 Å². The van der Waals surface area contributed by atoms with Gasteiger partial charge in [-0.3, -0.25) is 0 Å². The lowest BCUT2D eigenvalue weighted by Crippen LogP contribution is -2.22. The fourth-order valence-corrected chi connectivity index (χ4v) is 1.72. The molecule has 0 saturated heterocycles. The molecule has 3 N–H and O–H groups in total. The number of phenolic OH excluding ortho intramolecular Hbond substituents is 1. The summed E-state index contributed by atoms with van der Waals surface area (Å²) in [6, 6.07) is 5.36. The van der Waals surface area contributed by atoms with Crippen LogP contribution >= 0.6 is 0 Å². The molecule has 0 aliphatic carbocycles. The molecule has 3 nitrogen and oxygen atoms in total. The zero-order valence-electron chi connectivity index (χ0n) is 7.36. The average Bonchev–Trinajstić information content (AvgIpc) is 2.16. The molecule has 1 aliphatic heterocycles. The van der Waals surface area contributed by atoms with Crippen molar-refractivity contribution in [2.75, 3.05) is 13.2 Å². The minimum Gasteiger partial charge on any atom is -0.508 e. The average molecular weight is 179 g/mol. The van der Waals surface area contributed by atoms with Crippen molar-refractivity contribution < 1.29 is 9.84 Å². The molecule has 13 heavy (non-hydrogen) atoms. The number of fused-ring (bicyclic) bond motifs is 1. The molecule has 0 spiro atoms. The van der Waals surface area contributed by atoms with E-state index in [4.69, 9.17) is 10.5 Å². The molecule has 1 aromatic rings. The van der Waals surface area contributed by atoms with Crippen molar-refractivity contribution in [1.29, 1.82) is 0 Å². The standard InChI is InChI=1S/C10H13NO2/c11-6-10-9-2-1-8(12)5-7(9)3-4-13-10/h1-2,5,10,12H,3-4,6,11H2. The van der Waals surface area contributed by atoms with E-state index in [1.807, 2.05) is 6.07 Å². The predicted octanol–water partition coefficient (Wildman–Crippen LogP) is 0.965. The van der Waals surface area contributed by atoms with Gasteiger partial charge in [0.05, 0.1) is 12.7 Å². The second-order valence-electron chi connectivity index (χ2n) is 3.23. The smallest absolute Gasteiger partial charge is 0.115 e. The fourth-order valence-electron chi connectivity index (χ4n) is 1.72. The van der Waals surface area contributed by atoms with Gasteiger partial charge in [-0.05, 0) is 29.7 Å². The first-order valence-electron chi connectivity index (χ1n) is 4.44. The Morgan fingerprint density at radius 2 is 2.38 bits per heavy atom. The zero-order chi connectivity index (χ0) is 9.26. The number of hydrogen-bond donors (Lipinski definition) is 2. The first-order chi connectivity index (χ1) is 6.31. The van der Waals surface area contributed by atoms with E-state index in [2.05, 4.69) is 0 Å². The molecular weight excluding hydrogens is 166 g/mol. The van der Waals surface area contributed by atoms with Gasteiger partial charge in [0.15, 0.2) is 0 Å². The number of aromatic hydroxyl groups is 1. The molecule has 1 atom stereocenters. The molecule has 0 bridgehead atoms. The van der Waals surface area contributed by atoms with Gasteiger partial charge in [0.2, 0.25) is 0 Å². The summed E-state index contributed by atoms with van der Waals surface area (Å²) in [6.45, 7) is 1.19. The van der Waals surface area contributed by atoms with Crippen molar-refractivity contribution in [3.63, 3.8) is 0 Å². The maximum Gasteiger partial charge on any atom is 0.115 e. The molecule has 2 rings (SSSR count). The summed E-state index contributed by atoms with van der Waals surface area (Å²) in [6.07, 6.45) is 0.865. The number of benzene rings is 1. The van der Waals surface area contributed by atoms with Gasteiger partial charge in [0.25, 0.3) is 0 Å². The van der Waals surface area contributed by atoms with Crippen molar-refractivity contribution in [3.8, 4) is 5.75 Å². The van der Waals surface area contributed by atoms with Crippen LogP contribution in [0.4, 0.5) is 0 Å². The molecular formula is C10H13NO2. The number of ether oxygens (including phenoxy) is 1. The van der Waals surface area contributed by atoms with Crippen molar-refractivity contribution in [2.24, 2.45) is 5.73 Å². The van der Waals surface area contributed by atoms with E-state index in [0.29, 0.717) is 18.9 Å². The largest absolute Gasteiger partial charge is 0.508 e. The van der Waals surface area contributed by atoms with Gasteiger partial charge in [-0.25, -0.2) is 0 Å². The summed E-state index contributed by atoms with van der Waals surface area (Å²) >= 11 is 0. The Morgan fingerprint density at radius 1 is 1.54 bits per heavy atom. The van der Waals surface area contributed by atoms with Crippen LogP contribution < -0.4 is 5.73 Å². The minimum atomic E-state index is 0.00403. The highest BCUT2D eigenvalue weighted by atomic mass is 16.5. The fraction of sp³-hybridized carbons (Fsp3) is 0.400. The van der Waals surface area contributed by atoms with Crippen LogP contribution in [-0.2, 0) is 11.2 Å². The maximum absolute atomic E-state index is 9.28. The van der Waals surface area contributed by atoms with Crippen LogP contribution in [0.25, 0.3) is 0 Å². The molecule has 70 valence electrons. The lowest BCUT2D eigenvalue weighted by atomic mass is 9.97. The van der Waals surface area contributed by atoms with Crippen LogP contribution in [0.15, 0.2) is 18.2 Å². The highest BCUT2D eigenvalue weighted by molar-refractivity contribution is 5.37. The molecule has 1 heterocycles. The van der Waals surface area contributed by atoms with Crippen molar-refractivity contribution in [1.82, 2.24) is 0 Å². The van der Waals surface area contributed by atoms with Gasteiger partial charge >= 0.3 is 0 Å². The van der Waals surface area contributed by atoms with E-state index in [1.165, 1.54) is 0 Å². The monoisotopic (exact) mass is 179 g/mol. The third-order valence-corrected chi connectivity index (χ3v) is 2.38. The lowest BCUT2D eigenvalue weighted by Gasteiger charge is -2.24. The molecule has 1 aliphatic rings. The van der Waals surface area contributed by atoms with Crippen LogP contribution in [0.3, 0.4) is 0 Å². The van der Waals surface area contributed by atoms with Crippen molar-refractivity contribution in [2.45, 2.75) is 12.5 Å². The van der Waals surface area contributed by atoms with E-state index in [0.717, 1.165) is 17.5 Å². The van der Waals surface area contributed by atoms with Crippen LogP contribution in [0.2, 0.25) is 0 Å². The molecule has 1 unspecified atom stereocenters. The number of phenols is 1. The highest BCUT2D eigenvalue weighted by Gasteiger charge is 2.19.